The zero-order valence-electron chi connectivity index (χ0n) is 12.2. The zero-order valence-corrected chi connectivity index (χ0v) is 13.1. The monoisotopic (exact) mass is 346 g/mol. The van der Waals surface area contributed by atoms with Crippen molar-refractivity contribution in [2.45, 2.75) is 17.4 Å². The van der Waals surface area contributed by atoms with E-state index < -0.39 is 26.6 Å². The average molecular weight is 346 g/mol. The molecule has 0 aromatic heterocycles. The number of carbonyl (C=O) groups excluding carboxylic acids is 1. The molecule has 1 aromatic rings. The van der Waals surface area contributed by atoms with Gasteiger partial charge >= 0.3 is 5.97 Å². The maximum Gasteiger partial charge on any atom is 0.323 e. The third-order valence-corrected chi connectivity index (χ3v) is 6.05. The van der Waals surface area contributed by atoms with Crippen LogP contribution in [-0.2, 0) is 19.6 Å². The number of hydrogen-bond acceptors (Lipinski definition) is 5. The van der Waals surface area contributed by atoms with Gasteiger partial charge in [0.25, 0.3) is 0 Å². The van der Waals surface area contributed by atoms with Gasteiger partial charge in [0.2, 0.25) is 10.0 Å². The molecule has 2 aliphatic heterocycles. The number of halogens is 2. The molecule has 0 aliphatic carbocycles. The third-order valence-electron chi connectivity index (χ3n) is 4.13. The number of hydrogen-bond donors (Lipinski definition) is 0. The predicted octanol–water partition coefficient (Wildman–Crippen LogP) is 0.587. The molecule has 126 valence electrons. The Kier molecular flexibility index (Phi) is 4.35. The van der Waals surface area contributed by atoms with E-state index in [4.69, 9.17) is 4.74 Å². The van der Waals surface area contributed by atoms with E-state index in [0.29, 0.717) is 32.2 Å². The summed E-state index contributed by atoms with van der Waals surface area (Å²) in [6, 6.07) is 2.02. The van der Waals surface area contributed by atoms with Gasteiger partial charge in [0.1, 0.15) is 22.6 Å². The highest BCUT2D eigenvalue weighted by Crippen LogP contribution is 2.23. The molecule has 0 bridgehead atoms. The fourth-order valence-electron chi connectivity index (χ4n) is 2.89. The molecule has 2 aliphatic rings. The summed E-state index contributed by atoms with van der Waals surface area (Å²) < 4.78 is 57.9. The topological polar surface area (TPSA) is 66.9 Å². The second-order valence-electron chi connectivity index (χ2n) is 5.49. The fraction of sp³-hybridized carbons (Fsp3) is 0.500. The molecule has 23 heavy (non-hydrogen) atoms. The van der Waals surface area contributed by atoms with Crippen molar-refractivity contribution < 1.29 is 26.7 Å². The van der Waals surface area contributed by atoms with Crippen molar-refractivity contribution in [3.05, 3.63) is 29.8 Å². The second-order valence-corrected chi connectivity index (χ2v) is 7.39. The average Bonchev–Trinajstić information content (AvgIpc) is 2.96. The maximum absolute atomic E-state index is 13.7. The number of sulfonamides is 1. The molecule has 3 rings (SSSR count). The van der Waals surface area contributed by atoms with E-state index in [-0.39, 0.29) is 25.1 Å². The lowest BCUT2D eigenvalue weighted by atomic mass is 10.2. The molecular formula is C14H16F2N2O4S. The predicted molar refractivity (Wildman–Crippen MR) is 76.1 cm³/mol. The first-order valence-corrected chi connectivity index (χ1v) is 8.69. The van der Waals surface area contributed by atoms with Crippen LogP contribution < -0.4 is 0 Å². The van der Waals surface area contributed by atoms with Gasteiger partial charge in [0.05, 0.1) is 6.61 Å². The molecule has 0 radical (unpaired) electrons. The minimum Gasteiger partial charge on any atom is -0.464 e. The van der Waals surface area contributed by atoms with Gasteiger partial charge in [0.15, 0.2) is 0 Å². The molecule has 2 heterocycles. The van der Waals surface area contributed by atoms with Crippen molar-refractivity contribution in [3.63, 3.8) is 0 Å². The number of esters is 1. The van der Waals surface area contributed by atoms with E-state index in [1.807, 2.05) is 4.90 Å². The summed E-state index contributed by atoms with van der Waals surface area (Å²) >= 11 is 0. The smallest absolute Gasteiger partial charge is 0.323 e. The Balaban J connectivity index is 1.73. The SMILES string of the molecule is O=C1OCC[C@@H]1N1CCN(S(=O)(=O)c2cc(F)ccc2F)CC1. The summed E-state index contributed by atoms with van der Waals surface area (Å²) in [4.78, 5) is 12.8. The molecule has 1 aromatic carbocycles. The molecule has 1 atom stereocenters. The summed E-state index contributed by atoms with van der Waals surface area (Å²) in [6.07, 6.45) is 0.587. The number of carbonyl (C=O) groups is 1. The molecule has 0 unspecified atom stereocenters. The zero-order chi connectivity index (χ0) is 16.6. The molecule has 0 spiro atoms. The van der Waals surface area contributed by atoms with Crippen LogP contribution in [0.3, 0.4) is 0 Å². The molecule has 0 N–H and O–H groups in total. The van der Waals surface area contributed by atoms with E-state index in [1.54, 1.807) is 0 Å². The van der Waals surface area contributed by atoms with Crippen molar-refractivity contribution in [2.24, 2.45) is 0 Å². The van der Waals surface area contributed by atoms with E-state index in [2.05, 4.69) is 0 Å². The molecule has 0 amide bonds. The lowest BCUT2D eigenvalue weighted by molar-refractivity contribution is -0.142. The van der Waals surface area contributed by atoms with Crippen molar-refractivity contribution in [1.29, 1.82) is 0 Å². The largest absolute Gasteiger partial charge is 0.464 e. The molecule has 9 heteroatoms. The molecular weight excluding hydrogens is 330 g/mol. The van der Waals surface area contributed by atoms with Crippen LogP contribution in [0.5, 0.6) is 0 Å². The van der Waals surface area contributed by atoms with E-state index >= 15 is 0 Å². The Bertz CT molecular complexity index is 717. The first-order chi connectivity index (χ1) is 10.9. The number of cyclic esters (lactones) is 1. The number of benzene rings is 1. The summed E-state index contributed by atoms with van der Waals surface area (Å²) in [6.45, 7) is 1.28. The number of piperazine rings is 1. The molecule has 2 saturated heterocycles. The first-order valence-electron chi connectivity index (χ1n) is 7.25. The minimum absolute atomic E-state index is 0.113. The van der Waals surface area contributed by atoms with Crippen LogP contribution >= 0.6 is 0 Å². The van der Waals surface area contributed by atoms with Crippen molar-refractivity contribution >= 4 is 16.0 Å². The number of nitrogens with zero attached hydrogens (tertiary/aromatic N) is 2. The van der Waals surface area contributed by atoms with Gasteiger partial charge in [0, 0.05) is 32.6 Å². The highest BCUT2D eigenvalue weighted by molar-refractivity contribution is 7.89. The van der Waals surface area contributed by atoms with Crippen LogP contribution in [0, 0.1) is 11.6 Å². The summed E-state index contributed by atoms with van der Waals surface area (Å²) in [7, 11) is -4.10. The van der Waals surface area contributed by atoms with Crippen LogP contribution in [0.4, 0.5) is 8.78 Å². The highest BCUT2D eigenvalue weighted by Gasteiger charge is 2.37. The fourth-order valence-corrected chi connectivity index (χ4v) is 4.38. The van der Waals surface area contributed by atoms with Gasteiger partial charge in [-0.2, -0.15) is 4.31 Å². The molecule has 0 saturated carbocycles. The summed E-state index contributed by atoms with van der Waals surface area (Å²) in [5.41, 5.74) is 0. The summed E-state index contributed by atoms with van der Waals surface area (Å²) in [5.74, 6) is -2.08. The van der Waals surface area contributed by atoms with Crippen LogP contribution in [0.2, 0.25) is 0 Å². The Morgan fingerprint density at radius 1 is 1.13 bits per heavy atom. The number of rotatable bonds is 3. The van der Waals surface area contributed by atoms with Crippen LogP contribution in [-0.4, -0.2) is 62.4 Å². The van der Waals surface area contributed by atoms with Gasteiger partial charge in [-0.25, -0.2) is 17.2 Å². The van der Waals surface area contributed by atoms with E-state index in [0.717, 1.165) is 16.4 Å². The molecule has 2 fully saturated rings. The lowest BCUT2D eigenvalue weighted by Gasteiger charge is -2.35. The van der Waals surface area contributed by atoms with Crippen LogP contribution in [0.1, 0.15) is 6.42 Å². The van der Waals surface area contributed by atoms with Gasteiger partial charge in [-0.1, -0.05) is 0 Å². The van der Waals surface area contributed by atoms with Crippen molar-refractivity contribution in [2.75, 3.05) is 32.8 Å². The Morgan fingerprint density at radius 3 is 2.43 bits per heavy atom. The van der Waals surface area contributed by atoms with Crippen molar-refractivity contribution in [3.8, 4) is 0 Å². The Labute approximate surface area is 132 Å². The Hall–Kier alpha value is -1.58. The normalized spacial score (nSPS) is 23.9. The quantitative estimate of drug-likeness (QED) is 0.750. The number of ether oxygens (including phenoxy) is 1. The second kappa shape index (κ2) is 6.14. The minimum atomic E-state index is -4.10. The van der Waals surface area contributed by atoms with Gasteiger partial charge < -0.3 is 4.74 Å². The van der Waals surface area contributed by atoms with Crippen molar-refractivity contribution in [1.82, 2.24) is 9.21 Å². The Morgan fingerprint density at radius 2 is 1.83 bits per heavy atom. The van der Waals surface area contributed by atoms with Gasteiger partial charge in [-0.05, 0) is 18.2 Å². The molecule has 6 nitrogen and oxygen atoms in total. The summed E-state index contributed by atoms with van der Waals surface area (Å²) in [5, 5.41) is 0. The van der Waals surface area contributed by atoms with Gasteiger partial charge in [-0.15, -0.1) is 0 Å². The first kappa shape index (κ1) is 16.3. The highest BCUT2D eigenvalue weighted by atomic mass is 32.2. The van der Waals surface area contributed by atoms with E-state index in [9.17, 15) is 22.0 Å². The third kappa shape index (κ3) is 3.08. The maximum atomic E-state index is 13.7. The van der Waals surface area contributed by atoms with Crippen LogP contribution in [0.15, 0.2) is 23.1 Å². The van der Waals surface area contributed by atoms with Gasteiger partial charge in [-0.3, -0.25) is 9.69 Å². The van der Waals surface area contributed by atoms with Crippen LogP contribution in [0.25, 0.3) is 0 Å². The standard InChI is InChI=1S/C14H16F2N2O4S/c15-10-1-2-11(16)13(9-10)23(20,21)18-6-4-17(5-7-18)12-3-8-22-14(12)19/h1-2,9,12H,3-8H2/t12-/m0/s1. The lowest BCUT2D eigenvalue weighted by Crippen LogP contribution is -2.53. The van der Waals surface area contributed by atoms with E-state index in [1.165, 1.54) is 0 Å².